The second-order valence-electron chi connectivity index (χ2n) is 7.73. The molecular weight excluding hydrogens is 410 g/mol. The normalized spacial score (nSPS) is 16.4. The van der Waals surface area contributed by atoms with Crippen LogP contribution >= 0.6 is 0 Å². The number of hydrogen-bond acceptors (Lipinski definition) is 6. The summed E-state index contributed by atoms with van der Waals surface area (Å²) in [6.07, 6.45) is 1.13. The van der Waals surface area contributed by atoms with Crippen LogP contribution in [0.5, 0.6) is 0 Å². The van der Waals surface area contributed by atoms with Crippen LogP contribution in [0.2, 0.25) is 0 Å². The maximum atomic E-state index is 14.2. The monoisotopic (exact) mass is 431 g/mol. The zero-order valence-electron chi connectivity index (χ0n) is 16.8. The van der Waals surface area contributed by atoms with Gasteiger partial charge in [0.05, 0.1) is 11.1 Å². The van der Waals surface area contributed by atoms with Gasteiger partial charge in [0.2, 0.25) is 0 Å². The third-order valence-electron chi connectivity index (χ3n) is 5.29. The number of hydrogen-bond donors (Lipinski definition) is 0. The molecule has 0 spiro atoms. The van der Waals surface area contributed by atoms with Crippen molar-refractivity contribution in [1.29, 1.82) is 0 Å². The molecule has 1 fully saturated rings. The molecule has 0 N–H and O–H groups in total. The molecule has 1 aliphatic rings. The van der Waals surface area contributed by atoms with Gasteiger partial charge in [-0.2, -0.15) is 8.78 Å². The largest absolute Gasteiger partial charge is 0.544 e. The van der Waals surface area contributed by atoms with Crippen molar-refractivity contribution < 1.29 is 37.7 Å². The first-order valence-electron chi connectivity index (χ1n) is 9.81. The predicted octanol–water partition coefficient (Wildman–Crippen LogP) is 3.46. The molecule has 3 rings (SSSR count). The summed E-state index contributed by atoms with van der Waals surface area (Å²) in [5.74, 6) is -8.82. The molecule has 0 heterocycles. The molecule has 2 aromatic rings. The van der Waals surface area contributed by atoms with Crippen molar-refractivity contribution in [2.24, 2.45) is 0 Å². The van der Waals surface area contributed by atoms with E-state index in [1.54, 1.807) is 6.07 Å². The summed E-state index contributed by atoms with van der Waals surface area (Å²) >= 11 is 0. The quantitative estimate of drug-likeness (QED) is 0.624. The molecule has 164 valence electrons. The lowest BCUT2D eigenvalue weighted by atomic mass is 10.0. The minimum absolute atomic E-state index is 0.126. The second kappa shape index (κ2) is 8.83. The molecule has 0 amide bonds. The van der Waals surface area contributed by atoms with Crippen molar-refractivity contribution in [2.75, 3.05) is 0 Å². The van der Waals surface area contributed by atoms with E-state index in [4.69, 9.17) is 9.47 Å². The fourth-order valence-electron chi connectivity index (χ4n) is 3.51. The number of carboxylic acid groups (broad SMARTS) is 1. The van der Waals surface area contributed by atoms with Gasteiger partial charge in [0.25, 0.3) is 0 Å². The molecule has 1 saturated carbocycles. The topological polar surface area (TPSA) is 92.7 Å². The highest BCUT2D eigenvalue weighted by atomic mass is 19.3. The molecule has 0 radical (unpaired) electrons. The molecule has 0 aliphatic heterocycles. The van der Waals surface area contributed by atoms with E-state index in [-0.39, 0.29) is 16.7 Å². The van der Waals surface area contributed by atoms with Gasteiger partial charge in [-0.05, 0) is 62.4 Å². The van der Waals surface area contributed by atoms with E-state index in [2.05, 4.69) is 0 Å². The Bertz CT molecular complexity index is 950. The first-order valence-corrected chi connectivity index (χ1v) is 9.81. The molecule has 0 bridgehead atoms. The number of carbonyl (C=O) groups is 3. The van der Waals surface area contributed by atoms with Crippen LogP contribution in [0.15, 0.2) is 54.6 Å². The second-order valence-corrected chi connectivity index (χ2v) is 7.73. The summed E-state index contributed by atoms with van der Waals surface area (Å²) in [4.78, 5) is 35.7. The minimum Gasteiger partial charge on any atom is -0.544 e. The Balaban J connectivity index is 1.75. The van der Waals surface area contributed by atoms with Gasteiger partial charge in [0.15, 0.2) is 6.10 Å². The summed E-state index contributed by atoms with van der Waals surface area (Å²) in [5, 5.41) is 10.9. The number of ether oxygens (including phenoxy) is 2. The van der Waals surface area contributed by atoms with Gasteiger partial charge in [-0.15, -0.1) is 0 Å². The van der Waals surface area contributed by atoms with Crippen LogP contribution in [0.1, 0.15) is 65.0 Å². The van der Waals surface area contributed by atoms with Crippen LogP contribution in [-0.4, -0.2) is 29.4 Å². The lowest BCUT2D eigenvalue weighted by molar-refractivity contribution is -0.336. The van der Waals surface area contributed by atoms with Crippen LogP contribution in [0, 0.1) is 0 Å². The highest BCUT2D eigenvalue weighted by molar-refractivity contribution is 5.93. The highest BCUT2D eigenvalue weighted by Gasteiger charge is 2.45. The summed E-state index contributed by atoms with van der Waals surface area (Å²) in [6, 6.07) is 11.9. The summed E-state index contributed by atoms with van der Waals surface area (Å²) in [5.41, 5.74) is -0.647. The summed E-state index contributed by atoms with van der Waals surface area (Å²) in [6.45, 7) is 1.87. The number of carbonyl (C=O) groups excluding carboxylic acids is 3. The van der Waals surface area contributed by atoms with E-state index >= 15 is 0 Å². The zero-order valence-corrected chi connectivity index (χ0v) is 16.8. The van der Waals surface area contributed by atoms with Crippen molar-refractivity contribution >= 4 is 17.9 Å². The number of rotatable bonds is 7. The zero-order chi connectivity index (χ0) is 22.6. The molecule has 6 nitrogen and oxygen atoms in total. The Kier molecular flexibility index (Phi) is 6.38. The predicted molar refractivity (Wildman–Crippen MR) is 103 cm³/mol. The smallest absolute Gasteiger partial charge is 0.338 e. The molecular formula is C23H21F2O6-. The number of halogens is 2. The van der Waals surface area contributed by atoms with Gasteiger partial charge in [-0.1, -0.05) is 30.3 Å². The van der Waals surface area contributed by atoms with Crippen molar-refractivity contribution in [1.82, 2.24) is 0 Å². The van der Waals surface area contributed by atoms with E-state index in [1.165, 1.54) is 48.5 Å². The Morgan fingerprint density at radius 3 is 1.97 bits per heavy atom. The fraction of sp³-hybridized carbons (Fsp3) is 0.348. The standard InChI is InChI=1S/C23H22F2O6/c1-22(13-5-6-14-22)31-20(27)17-11-9-16(10-12-17)19(26)30-18(23(24,25)21(28)29)15-7-3-2-4-8-15/h2-4,7-12,18H,5-6,13-14H2,1H3,(H,28,29)/p-1. The van der Waals surface area contributed by atoms with Crippen LogP contribution in [0.3, 0.4) is 0 Å². The maximum Gasteiger partial charge on any atom is 0.338 e. The first-order chi connectivity index (χ1) is 14.6. The third kappa shape index (κ3) is 5.07. The van der Waals surface area contributed by atoms with Gasteiger partial charge in [-0.25, -0.2) is 9.59 Å². The van der Waals surface area contributed by atoms with Gasteiger partial charge in [0.1, 0.15) is 11.6 Å². The molecule has 1 unspecified atom stereocenters. The van der Waals surface area contributed by atoms with Gasteiger partial charge >= 0.3 is 17.9 Å². The van der Waals surface area contributed by atoms with Crippen LogP contribution in [0.4, 0.5) is 8.78 Å². The number of alkyl halides is 2. The SMILES string of the molecule is CC1(OC(=O)c2ccc(C(=O)OC(c3ccccc3)C(F)(F)C(=O)[O-])cc2)CCCC1. The van der Waals surface area contributed by atoms with E-state index in [9.17, 15) is 28.3 Å². The summed E-state index contributed by atoms with van der Waals surface area (Å²) in [7, 11) is 0. The average Bonchev–Trinajstić information content (AvgIpc) is 3.18. The Hall–Kier alpha value is -3.29. The van der Waals surface area contributed by atoms with Gasteiger partial charge < -0.3 is 19.4 Å². The maximum absolute atomic E-state index is 14.2. The Morgan fingerprint density at radius 1 is 0.935 bits per heavy atom. The van der Waals surface area contributed by atoms with Crippen LogP contribution in [-0.2, 0) is 14.3 Å². The fourth-order valence-corrected chi connectivity index (χ4v) is 3.51. The minimum atomic E-state index is -4.45. The van der Waals surface area contributed by atoms with Gasteiger partial charge in [0, 0.05) is 0 Å². The molecule has 0 aromatic heterocycles. The lowest BCUT2D eigenvalue weighted by Gasteiger charge is -2.27. The highest BCUT2D eigenvalue weighted by Crippen LogP contribution is 2.35. The molecule has 1 atom stereocenters. The average molecular weight is 431 g/mol. The lowest BCUT2D eigenvalue weighted by Crippen LogP contribution is -2.47. The van der Waals surface area contributed by atoms with Crippen molar-refractivity contribution in [3.8, 4) is 0 Å². The van der Waals surface area contributed by atoms with Crippen LogP contribution < -0.4 is 5.11 Å². The Labute approximate surface area is 177 Å². The van der Waals surface area contributed by atoms with E-state index in [0.29, 0.717) is 0 Å². The van der Waals surface area contributed by atoms with Crippen molar-refractivity contribution in [3.05, 3.63) is 71.3 Å². The number of benzene rings is 2. The molecule has 31 heavy (non-hydrogen) atoms. The first kappa shape index (κ1) is 22.4. The summed E-state index contributed by atoms with van der Waals surface area (Å²) < 4.78 is 38.7. The molecule has 1 aliphatic carbocycles. The number of carboxylic acids is 1. The van der Waals surface area contributed by atoms with E-state index in [1.807, 2.05) is 6.92 Å². The molecule has 8 heteroatoms. The van der Waals surface area contributed by atoms with Crippen molar-refractivity contribution in [3.63, 3.8) is 0 Å². The van der Waals surface area contributed by atoms with Gasteiger partial charge in [-0.3, -0.25) is 0 Å². The number of esters is 2. The van der Waals surface area contributed by atoms with Crippen LogP contribution in [0.25, 0.3) is 0 Å². The molecule has 0 saturated heterocycles. The number of aliphatic carboxylic acids is 1. The van der Waals surface area contributed by atoms with Crippen molar-refractivity contribution in [2.45, 2.75) is 50.2 Å². The Morgan fingerprint density at radius 2 is 1.45 bits per heavy atom. The van der Waals surface area contributed by atoms with E-state index in [0.717, 1.165) is 25.7 Å². The van der Waals surface area contributed by atoms with E-state index < -0.39 is 35.5 Å². The molecule has 2 aromatic carbocycles. The third-order valence-corrected chi connectivity index (χ3v) is 5.29.